The zero-order valence-corrected chi connectivity index (χ0v) is 9.90. The van der Waals surface area contributed by atoms with Crippen LogP contribution in [0.15, 0.2) is 0 Å². The lowest BCUT2D eigenvalue weighted by molar-refractivity contribution is -0.130. The monoisotopic (exact) mass is 240 g/mol. The first-order chi connectivity index (χ1) is 6.15. The van der Waals surface area contributed by atoms with E-state index in [4.69, 9.17) is 5.73 Å². The maximum absolute atomic E-state index is 11.2. The first-order valence-electron chi connectivity index (χ1n) is 4.46. The molecule has 0 radical (unpaired) electrons. The van der Waals surface area contributed by atoms with Crippen molar-refractivity contribution in [2.24, 2.45) is 5.73 Å². The van der Waals surface area contributed by atoms with Crippen molar-refractivity contribution in [2.75, 3.05) is 25.1 Å². The van der Waals surface area contributed by atoms with Gasteiger partial charge in [0, 0.05) is 35.4 Å². The molecule has 0 bridgehead atoms. The van der Waals surface area contributed by atoms with Crippen molar-refractivity contribution in [1.82, 2.24) is 4.90 Å². The minimum Gasteiger partial charge on any atom is -0.342 e. The van der Waals surface area contributed by atoms with E-state index in [1.54, 1.807) is 11.9 Å². The highest BCUT2D eigenvalue weighted by molar-refractivity contribution is 7.85. The van der Waals surface area contributed by atoms with Gasteiger partial charge < -0.3 is 10.6 Å². The summed E-state index contributed by atoms with van der Waals surface area (Å²) >= 11 is 0. The van der Waals surface area contributed by atoms with Gasteiger partial charge in [-0.3, -0.25) is 9.00 Å². The molecule has 0 aromatic heterocycles. The van der Waals surface area contributed by atoms with Crippen LogP contribution in [-0.2, 0) is 15.6 Å². The van der Waals surface area contributed by atoms with E-state index in [-0.39, 0.29) is 30.9 Å². The molecule has 1 aliphatic heterocycles. The number of carbonyl (C=O) groups excluding carboxylic acids is 1. The van der Waals surface area contributed by atoms with Gasteiger partial charge in [-0.2, -0.15) is 0 Å². The molecule has 1 saturated heterocycles. The molecular weight excluding hydrogens is 224 g/mol. The van der Waals surface area contributed by atoms with Crippen LogP contribution in [0.4, 0.5) is 0 Å². The Balaban J connectivity index is 0.00000169. The number of nitrogens with zero attached hydrogens (tertiary/aromatic N) is 1. The van der Waals surface area contributed by atoms with E-state index in [1.807, 2.05) is 0 Å². The fourth-order valence-electron chi connectivity index (χ4n) is 1.52. The van der Waals surface area contributed by atoms with Crippen molar-refractivity contribution >= 4 is 29.1 Å². The van der Waals surface area contributed by atoms with E-state index in [9.17, 15) is 9.00 Å². The van der Waals surface area contributed by atoms with Crippen LogP contribution in [0.3, 0.4) is 0 Å². The number of nitrogens with two attached hydrogens (primary N) is 1. The van der Waals surface area contributed by atoms with Crippen LogP contribution in [0.5, 0.6) is 0 Å². The van der Waals surface area contributed by atoms with Gasteiger partial charge in [0.25, 0.3) is 0 Å². The van der Waals surface area contributed by atoms with E-state index in [2.05, 4.69) is 0 Å². The smallest absolute Gasteiger partial charge is 0.236 e. The summed E-state index contributed by atoms with van der Waals surface area (Å²) in [4.78, 5) is 12.9. The highest BCUT2D eigenvalue weighted by Gasteiger charge is 2.23. The molecule has 1 heterocycles. The Labute approximate surface area is 93.1 Å². The van der Waals surface area contributed by atoms with Crippen LogP contribution in [0.1, 0.15) is 12.8 Å². The summed E-state index contributed by atoms with van der Waals surface area (Å²) in [7, 11) is 1.11. The van der Waals surface area contributed by atoms with Crippen molar-refractivity contribution < 1.29 is 9.00 Å². The average molecular weight is 241 g/mol. The van der Waals surface area contributed by atoms with Gasteiger partial charge in [0.1, 0.15) is 0 Å². The Hall–Kier alpha value is -0.130. The van der Waals surface area contributed by atoms with Gasteiger partial charge in [0.2, 0.25) is 5.91 Å². The minimum absolute atomic E-state index is 0. The standard InChI is InChI=1S/C8H16N2O2S.ClH/c1-10(8(11)6-9)7-2-4-13(12)5-3-7;/h7H,2-6,9H2,1H3;1H. The Kier molecular flexibility index (Phi) is 6.31. The van der Waals surface area contributed by atoms with Gasteiger partial charge in [-0.1, -0.05) is 0 Å². The van der Waals surface area contributed by atoms with Gasteiger partial charge in [-0.15, -0.1) is 12.4 Å². The van der Waals surface area contributed by atoms with Gasteiger partial charge in [-0.25, -0.2) is 0 Å². The number of rotatable bonds is 2. The molecule has 0 spiro atoms. The molecule has 6 heteroatoms. The second-order valence-electron chi connectivity index (χ2n) is 3.29. The van der Waals surface area contributed by atoms with Gasteiger partial charge in [0.05, 0.1) is 6.54 Å². The Morgan fingerprint density at radius 3 is 2.43 bits per heavy atom. The zero-order chi connectivity index (χ0) is 9.84. The number of hydrogen-bond donors (Lipinski definition) is 1. The van der Waals surface area contributed by atoms with Crippen LogP contribution in [-0.4, -0.2) is 46.2 Å². The van der Waals surface area contributed by atoms with Gasteiger partial charge >= 0.3 is 0 Å². The second-order valence-corrected chi connectivity index (χ2v) is 4.98. The van der Waals surface area contributed by atoms with Crippen molar-refractivity contribution in [3.8, 4) is 0 Å². The highest BCUT2D eigenvalue weighted by atomic mass is 35.5. The molecule has 0 aliphatic carbocycles. The topological polar surface area (TPSA) is 63.4 Å². The average Bonchev–Trinajstić information content (AvgIpc) is 2.17. The lowest BCUT2D eigenvalue weighted by atomic mass is 10.1. The number of carbonyl (C=O) groups is 1. The molecule has 84 valence electrons. The second kappa shape index (κ2) is 6.37. The highest BCUT2D eigenvalue weighted by Crippen LogP contribution is 2.14. The summed E-state index contributed by atoms with van der Waals surface area (Å²) in [6.07, 6.45) is 1.68. The molecule has 14 heavy (non-hydrogen) atoms. The summed E-state index contributed by atoms with van der Waals surface area (Å²) in [5.41, 5.74) is 5.26. The maximum atomic E-state index is 11.2. The molecule has 1 fully saturated rings. The Morgan fingerprint density at radius 1 is 1.50 bits per heavy atom. The van der Waals surface area contributed by atoms with Crippen molar-refractivity contribution in [2.45, 2.75) is 18.9 Å². The van der Waals surface area contributed by atoms with Gasteiger partial charge in [-0.05, 0) is 12.8 Å². The summed E-state index contributed by atoms with van der Waals surface area (Å²) < 4.78 is 11.1. The zero-order valence-electron chi connectivity index (χ0n) is 8.27. The molecule has 0 aromatic carbocycles. The largest absolute Gasteiger partial charge is 0.342 e. The van der Waals surface area contributed by atoms with Crippen LogP contribution in [0.2, 0.25) is 0 Å². The molecule has 1 aliphatic rings. The van der Waals surface area contributed by atoms with E-state index in [0.717, 1.165) is 12.8 Å². The van der Waals surface area contributed by atoms with Crippen molar-refractivity contribution in [1.29, 1.82) is 0 Å². The number of hydrogen-bond acceptors (Lipinski definition) is 3. The number of amides is 1. The van der Waals surface area contributed by atoms with E-state index in [0.29, 0.717) is 11.5 Å². The number of halogens is 1. The lowest BCUT2D eigenvalue weighted by Gasteiger charge is -2.30. The lowest BCUT2D eigenvalue weighted by Crippen LogP contribution is -2.43. The van der Waals surface area contributed by atoms with E-state index < -0.39 is 10.8 Å². The molecule has 0 aromatic rings. The number of likely N-dealkylation sites (N-methyl/N-ethyl adjacent to an activating group) is 1. The first-order valence-corrected chi connectivity index (χ1v) is 5.94. The molecule has 0 unspecified atom stereocenters. The van der Waals surface area contributed by atoms with Crippen LogP contribution < -0.4 is 5.73 Å². The molecule has 1 rings (SSSR count). The normalized spacial score (nSPS) is 26.4. The first kappa shape index (κ1) is 13.9. The minimum atomic E-state index is -0.662. The summed E-state index contributed by atoms with van der Waals surface area (Å²) in [6, 6.07) is 0.244. The van der Waals surface area contributed by atoms with Crippen LogP contribution in [0, 0.1) is 0 Å². The fourth-order valence-corrected chi connectivity index (χ4v) is 2.79. The molecule has 2 N–H and O–H groups in total. The Bertz CT molecular complexity index is 215. The summed E-state index contributed by atoms with van der Waals surface area (Å²) in [5.74, 6) is 1.40. The quantitative estimate of drug-likeness (QED) is 0.723. The Morgan fingerprint density at radius 2 is 2.00 bits per heavy atom. The third-order valence-electron chi connectivity index (χ3n) is 2.47. The molecule has 1 amide bonds. The molecule has 0 saturated carbocycles. The van der Waals surface area contributed by atoms with Crippen LogP contribution >= 0.6 is 12.4 Å². The SMILES string of the molecule is CN(C(=O)CN)C1CCS(=O)CC1.Cl. The van der Waals surface area contributed by atoms with Crippen molar-refractivity contribution in [3.63, 3.8) is 0 Å². The predicted molar refractivity (Wildman–Crippen MR) is 60.0 cm³/mol. The maximum Gasteiger partial charge on any atom is 0.236 e. The molecule has 0 atom stereocenters. The summed E-state index contributed by atoms with van der Waals surface area (Å²) in [5, 5.41) is 0. The fraction of sp³-hybridized carbons (Fsp3) is 0.875. The molecular formula is C8H17ClN2O2S. The van der Waals surface area contributed by atoms with Crippen molar-refractivity contribution in [3.05, 3.63) is 0 Å². The summed E-state index contributed by atoms with van der Waals surface area (Å²) in [6.45, 7) is 0.0656. The van der Waals surface area contributed by atoms with Crippen LogP contribution in [0.25, 0.3) is 0 Å². The van der Waals surface area contributed by atoms with E-state index >= 15 is 0 Å². The molecule has 4 nitrogen and oxygen atoms in total. The third-order valence-corrected chi connectivity index (χ3v) is 3.86. The third kappa shape index (κ3) is 3.55. The van der Waals surface area contributed by atoms with Gasteiger partial charge in [0.15, 0.2) is 0 Å². The predicted octanol–water partition coefficient (Wildman–Crippen LogP) is -0.264. The van der Waals surface area contributed by atoms with E-state index in [1.165, 1.54) is 0 Å².